The normalized spacial score (nSPS) is 12.3. The molecule has 2 N–H and O–H groups in total. The fraction of sp³-hybridized carbons (Fsp3) is 0.0625. The summed E-state index contributed by atoms with van der Waals surface area (Å²) in [6.07, 6.45) is -3.37. The number of hydrogen-bond donors (Lipinski definition) is 1. The van der Waals surface area contributed by atoms with E-state index in [-0.39, 0.29) is 16.1 Å². The van der Waals surface area contributed by atoms with Gasteiger partial charge >= 0.3 is 6.18 Å². The highest BCUT2D eigenvalue weighted by atomic mass is 32.2. The van der Waals surface area contributed by atoms with Crippen molar-refractivity contribution in [1.82, 2.24) is 9.78 Å². The second-order valence-electron chi connectivity index (χ2n) is 5.24. The minimum Gasteiger partial charge on any atom is -0.240 e. The second kappa shape index (κ2) is 6.01. The Hall–Kier alpha value is -2.65. The summed E-state index contributed by atoms with van der Waals surface area (Å²) in [4.78, 5) is -0.136. The Bertz CT molecular complexity index is 995. The molecule has 25 heavy (non-hydrogen) atoms. The van der Waals surface area contributed by atoms with E-state index in [2.05, 4.69) is 5.10 Å². The minimum atomic E-state index is -4.63. The van der Waals surface area contributed by atoms with Gasteiger partial charge in [0, 0.05) is 11.8 Å². The fourth-order valence-corrected chi connectivity index (χ4v) is 2.85. The number of rotatable bonds is 3. The Balaban J connectivity index is 2.11. The van der Waals surface area contributed by atoms with Crippen molar-refractivity contribution < 1.29 is 21.6 Å². The zero-order valence-corrected chi connectivity index (χ0v) is 13.4. The van der Waals surface area contributed by atoms with E-state index in [9.17, 15) is 21.6 Å². The van der Waals surface area contributed by atoms with Crippen molar-refractivity contribution in [2.75, 3.05) is 0 Å². The monoisotopic (exact) mass is 367 g/mol. The summed E-state index contributed by atoms with van der Waals surface area (Å²) in [5.74, 6) is 0. The van der Waals surface area contributed by atoms with E-state index in [4.69, 9.17) is 5.14 Å². The smallest absolute Gasteiger partial charge is 0.240 e. The number of nitrogens with zero attached hydrogens (tertiary/aromatic N) is 2. The molecule has 0 saturated carbocycles. The van der Waals surface area contributed by atoms with Crippen LogP contribution in [0.4, 0.5) is 13.2 Å². The van der Waals surface area contributed by atoms with Gasteiger partial charge in [-0.25, -0.2) is 18.2 Å². The first-order valence-electron chi connectivity index (χ1n) is 7.02. The number of nitrogens with two attached hydrogens (primary N) is 1. The van der Waals surface area contributed by atoms with Gasteiger partial charge in [-0.2, -0.15) is 18.3 Å². The van der Waals surface area contributed by atoms with Gasteiger partial charge in [-0.1, -0.05) is 30.3 Å². The van der Waals surface area contributed by atoms with Crippen LogP contribution in [-0.4, -0.2) is 18.2 Å². The molecule has 1 heterocycles. The molecule has 0 saturated heterocycles. The molecule has 130 valence electrons. The van der Waals surface area contributed by atoms with Crippen LogP contribution in [0.2, 0.25) is 0 Å². The average molecular weight is 367 g/mol. The summed E-state index contributed by atoms with van der Waals surface area (Å²) < 4.78 is 63.5. The second-order valence-corrected chi connectivity index (χ2v) is 6.80. The number of hydrogen-bond acceptors (Lipinski definition) is 3. The molecule has 5 nitrogen and oxygen atoms in total. The number of alkyl halides is 3. The van der Waals surface area contributed by atoms with Gasteiger partial charge in [0.1, 0.15) is 0 Å². The fourth-order valence-electron chi connectivity index (χ4n) is 2.33. The van der Waals surface area contributed by atoms with Crippen molar-refractivity contribution in [1.29, 1.82) is 0 Å². The molecular formula is C16H12F3N3O2S. The van der Waals surface area contributed by atoms with Gasteiger partial charge in [-0.15, -0.1) is 0 Å². The lowest BCUT2D eigenvalue weighted by molar-refractivity contribution is -0.140. The van der Waals surface area contributed by atoms with E-state index in [0.29, 0.717) is 5.56 Å². The summed E-state index contributed by atoms with van der Waals surface area (Å²) in [7, 11) is -3.88. The first-order chi connectivity index (χ1) is 11.7. The van der Waals surface area contributed by atoms with Crippen molar-refractivity contribution in [3.8, 4) is 16.8 Å². The molecule has 3 rings (SSSR count). The first kappa shape index (κ1) is 17.2. The molecule has 0 atom stereocenters. The lowest BCUT2D eigenvalue weighted by atomic mass is 10.1. The maximum absolute atomic E-state index is 13.3. The van der Waals surface area contributed by atoms with Gasteiger partial charge in [0.05, 0.1) is 10.6 Å². The van der Waals surface area contributed by atoms with Crippen LogP contribution >= 0.6 is 0 Å². The van der Waals surface area contributed by atoms with Crippen LogP contribution in [-0.2, 0) is 16.2 Å². The molecule has 0 bridgehead atoms. The predicted octanol–water partition coefficient (Wildman–Crippen LogP) is 3.21. The van der Waals surface area contributed by atoms with Gasteiger partial charge in [0.25, 0.3) is 0 Å². The number of primary sulfonamides is 1. The van der Waals surface area contributed by atoms with Gasteiger partial charge in [0.2, 0.25) is 10.0 Å². The molecule has 0 aliphatic carbocycles. The van der Waals surface area contributed by atoms with Gasteiger partial charge < -0.3 is 0 Å². The third kappa shape index (κ3) is 3.57. The van der Waals surface area contributed by atoms with Crippen molar-refractivity contribution in [3.63, 3.8) is 0 Å². The van der Waals surface area contributed by atoms with Crippen LogP contribution in [0.25, 0.3) is 16.8 Å². The van der Waals surface area contributed by atoms with Crippen molar-refractivity contribution in [2.24, 2.45) is 5.14 Å². The summed E-state index contributed by atoms with van der Waals surface area (Å²) in [5.41, 5.74) is -0.430. The van der Waals surface area contributed by atoms with E-state index in [1.165, 1.54) is 30.5 Å². The Morgan fingerprint density at radius 2 is 1.56 bits per heavy atom. The minimum absolute atomic E-state index is 0.0661. The van der Waals surface area contributed by atoms with Crippen LogP contribution in [0.3, 0.4) is 0 Å². The number of halogens is 3. The van der Waals surface area contributed by atoms with E-state index in [0.717, 1.165) is 4.68 Å². The van der Waals surface area contributed by atoms with E-state index in [1.807, 2.05) is 0 Å². The molecule has 0 fully saturated rings. The summed E-state index contributed by atoms with van der Waals surface area (Å²) in [5, 5.41) is 8.64. The lowest BCUT2D eigenvalue weighted by Gasteiger charge is -2.05. The van der Waals surface area contributed by atoms with Gasteiger partial charge in [-0.3, -0.25) is 0 Å². The Morgan fingerprint density at radius 1 is 0.960 bits per heavy atom. The molecule has 0 aliphatic rings. The van der Waals surface area contributed by atoms with Crippen LogP contribution in [0, 0.1) is 0 Å². The Kier molecular flexibility index (Phi) is 4.13. The van der Waals surface area contributed by atoms with E-state index >= 15 is 0 Å². The highest BCUT2D eigenvalue weighted by Crippen LogP contribution is 2.36. The van der Waals surface area contributed by atoms with Gasteiger partial charge in [0.15, 0.2) is 5.69 Å². The molecule has 2 aromatic carbocycles. The molecule has 0 aliphatic heterocycles. The van der Waals surface area contributed by atoms with Crippen molar-refractivity contribution >= 4 is 10.0 Å². The average Bonchev–Trinajstić information content (AvgIpc) is 3.01. The molecule has 9 heteroatoms. The number of aromatic nitrogens is 2. The lowest BCUT2D eigenvalue weighted by Crippen LogP contribution is -2.12. The predicted molar refractivity (Wildman–Crippen MR) is 85.4 cm³/mol. The molecule has 3 aromatic rings. The standard InChI is InChI=1S/C16H12F3N3O2S/c17-16(18,19)15-14(11-4-2-1-3-5-11)10-22(21-15)12-6-8-13(9-7-12)25(20,23)24/h1-10H,(H2,20,23,24). The molecule has 0 unspecified atom stereocenters. The highest BCUT2D eigenvalue weighted by Gasteiger charge is 2.37. The zero-order valence-electron chi connectivity index (χ0n) is 12.6. The largest absolute Gasteiger partial charge is 0.435 e. The maximum Gasteiger partial charge on any atom is 0.435 e. The molecular weight excluding hydrogens is 355 g/mol. The SMILES string of the molecule is NS(=O)(=O)c1ccc(-n2cc(-c3ccccc3)c(C(F)(F)F)n2)cc1. The van der Waals surface area contributed by atoms with Gasteiger partial charge in [-0.05, 0) is 29.8 Å². The maximum atomic E-state index is 13.3. The van der Waals surface area contributed by atoms with Crippen molar-refractivity contribution in [3.05, 3.63) is 66.5 Å². The van der Waals surface area contributed by atoms with Crippen LogP contribution in [0.15, 0.2) is 65.7 Å². The third-order valence-electron chi connectivity index (χ3n) is 3.50. The van der Waals surface area contributed by atoms with Crippen LogP contribution < -0.4 is 5.14 Å². The molecule has 0 amide bonds. The zero-order chi connectivity index (χ0) is 18.2. The van der Waals surface area contributed by atoms with Crippen LogP contribution in [0.1, 0.15) is 5.69 Å². The quantitative estimate of drug-likeness (QED) is 0.772. The number of benzene rings is 2. The van der Waals surface area contributed by atoms with E-state index in [1.54, 1.807) is 30.3 Å². The summed E-state index contributed by atoms with van der Waals surface area (Å²) in [6.45, 7) is 0. The first-order valence-corrected chi connectivity index (χ1v) is 8.56. The number of sulfonamides is 1. The summed E-state index contributed by atoms with van der Waals surface area (Å²) in [6, 6.07) is 13.2. The molecule has 0 radical (unpaired) electrons. The Morgan fingerprint density at radius 3 is 2.08 bits per heavy atom. The molecule has 0 spiro atoms. The summed E-state index contributed by atoms with van der Waals surface area (Å²) >= 11 is 0. The highest BCUT2D eigenvalue weighted by molar-refractivity contribution is 7.89. The van der Waals surface area contributed by atoms with E-state index < -0.39 is 21.9 Å². The molecule has 1 aromatic heterocycles. The van der Waals surface area contributed by atoms with Crippen molar-refractivity contribution in [2.45, 2.75) is 11.1 Å². The topological polar surface area (TPSA) is 78.0 Å². The third-order valence-corrected chi connectivity index (χ3v) is 4.43. The Labute approximate surface area is 141 Å². The van der Waals surface area contributed by atoms with Crippen LogP contribution in [0.5, 0.6) is 0 Å².